The van der Waals surface area contributed by atoms with E-state index in [2.05, 4.69) is 44.1 Å². The summed E-state index contributed by atoms with van der Waals surface area (Å²) >= 11 is 0. The number of unbranched alkanes of at least 4 members (excludes halogenated alkanes) is 1. The molecule has 0 fully saturated rings. The van der Waals surface area contributed by atoms with E-state index in [9.17, 15) is 0 Å². The monoisotopic (exact) mass is 249 g/mol. The maximum atomic E-state index is 5.95. The Kier molecular flexibility index (Phi) is 5.99. The van der Waals surface area contributed by atoms with Crippen molar-refractivity contribution in [2.24, 2.45) is 0 Å². The van der Waals surface area contributed by atoms with Crippen molar-refractivity contribution in [3.8, 4) is 0 Å². The normalized spacial score (nSPS) is 11.2. The third-order valence-corrected chi connectivity index (χ3v) is 3.43. The van der Waals surface area contributed by atoms with E-state index in [-0.39, 0.29) is 0 Å². The van der Waals surface area contributed by atoms with Gasteiger partial charge < -0.3 is 16.0 Å². The molecule has 0 saturated carbocycles. The van der Waals surface area contributed by atoms with Gasteiger partial charge in [-0.2, -0.15) is 0 Å². The number of benzene rings is 1. The first-order valence-corrected chi connectivity index (χ1v) is 6.81. The number of nitrogen functional groups attached to an aromatic ring is 1. The van der Waals surface area contributed by atoms with E-state index < -0.39 is 0 Å². The van der Waals surface area contributed by atoms with Gasteiger partial charge in [-0.1, -0.05) is 12.1 Å². The summed E-state index contributed by atoms with van der Waals surface area (Å²) in [4.78, 5) is 2.38. The zero-order chi connectivity index (χ0) is 13.5. The van der Waals surface area contributed by atoms with Gasteiger partial charge >= 0.3 is 0 Å². The molecule has 0 unspecified atom stereocenters. The van der Waals surface area contributed by atoms with Crippen LogP contribution in [-0.4, -0.2) is 31.1 Å². The van der Waals surface area contributed by atoms with Crippen molar-refractivity contribution in [2.75, 3.05) is 31.2 Å². The third kappa shape index (κ3) is 4.57. The molecule has 3 N–H and O–H groups in total. The predicted molar refractivity (Wildman–Crippen MR) is 81.1 cm³/mol. The Bertz CT molecular complexity index is 341. The van der Waals surface area contributed by atoms with Gasteiger partial charge in [0.25, 0.3) is 0 Å². The molecule has 0 bridgehead atoms. The Labute approximate surface area is 111 Å². The van der Waals surface area contributed by atoms with Gasteiger partial charge in [-0.3, -0.25) is 0 Å². The van der Waals surface area contributed by atoms with E-state index in [0.717, 1.165) is 24.5 Å². The molecule has 3 nitrogen and oxygen atoms in total. The SMILES string of the molecule is Cc1cccc(N)c1NCCCCN(C)C(C)C. The molecule has 1 rings (SSSR count). The Morgan fingerprint density at radius 2 is 2.00 bits per heavy atom. The van der Waals surface area contributed by atoms with Crippen molar-refractivity contribution in [1.82, 2.24) is 4.90 Å². The van der Waals surface area contributed by atoms with E-state index in [0.29, 0.717) is 6.04 Å². The molecule has 0 atom stereocenters. The van der Waals surface area contributed by atoms with Crippen LogP contribution < -0.4 is 11.1 Å². The van der Waals surface area contributed by atoms with Gasteiger partial charge in [-0.05, 0) is 58.8 Å². The smallest absolute Gasteiger partial charge is 0.0603 e. The van der Waals surface area contributed by atoms with Crippen molar-refractivity contribution in [3.63, 3.8) is 0 Å². The van der Waals surface area contributed by atoms with Crippen molar-refractivity contribution in [1.29, 1.82) is 0 Å². The van der Waals surface area contributed by atoms with E-state index in [1.807, 2.05) is 12.1 Å². The maximum Gasteiger partial charge on any atom is 0.0603 e. The van der Waals surface area contributed by atoms with Crippen LogP contribution in [0.3, 0.4) is 0 Å². The molecule has 0 spiro atoms. The highest BCUT2D eigenvalue weighted by atomic mass is 15.1. The fraction of sp³-hybridized carbons (Fsp3) is 0.600. The van der Waals surface area contributed by atoms with Gasteiger partial charge in [0.1, 0.15) is 0 Å². The first-order valence-electron chi connectivity index (χ1n) is 6.81. The number of nitrogens with zero attached hydrogens (tertiary/aromatic N) is 1. The van der Waals surface area contributed by atoms with Crippen LogP contribution in [0.4, 0.5) is 11.4 Å². The van der Waals surface area contributed by atoms with Crippen LogP contribution in [0.15, 0.2) is 18.2 Å². The Hall–Kier alpha value is -1.22. The Morgan fingerprint density at radius 1 is 1.28 bits per heavy atom. The summed E-state index contributed by atoms with van der Waals surface area (Å²) in [7, 11) is 2.18. The molecule has 0 aromatic heterocycles. The first-order chi connectivity index (χ1) is 8.52. The van der Waals surface area contributed by atoms with E-state index >= 15 is 0 Å². The van der Waals surface area contributed by atoms with Crippen molar-refractivity contribution >= 4 is 11.4 Å². The minimum atomic E-state index is 0.630. The van der Waals surface area contributed by atoms with Gasteiger partial charge in [0.05, 0.1) is 11.4 Å². The highest BCUT2D eigenvalue weighted by Gasteiger charge is 2.03. The zero-order valence-electron chi connectivity index (χ0n) is 12.2. The molecule has 1 aromatic rings. The van der Waals surface area contributed by atoms with E-state index in [1.165, 1.54) is 18.4 Å². The molecule has 0 aliphatic carbocycles. The summed E-state index contributed by atoms with van der Waals surface area (Å²) in [6, 6.07) is 6.66. The maximum absolute atomic E-state index is 5.95. The Morgan fingerprint density at radius 3 is 2.61 bits per heavy atom. The number of nitrogens with one attached hydrogen (secondary N) is 1. The third-order valence-electron chi connectivity index (χ3n) is 3.43. The van der Waals surface area contributed by atoms with Gasteiger partial charge in [0, 0.05) is 12.6 Å². The lowest BCUT2D eigenvalue weighted by Crippen LogP contribution is -2.27. The molecule has 102 valence electrons. The molecule has 0 heterocycles. The lowest BCUT2D eigenvalue weighted by molar-refractivity contribution is 0.269. The highest BCUT2D eigenvalue weighted by molar-refractivity contribution is 5.69. The van der Waals surface area contributed by atoms with Gasteiger partial charge in [0.15, 0.2) is 0 Å². The molecule has 0 aliphatic rings. The topological polar surface area (TPSA) is 41.3 Å². The minimum Gasteiger partial charge on any atom is -0.397 e. The molecule has 0 aliphatic heterocycles. The first kappa shape index (κ1) is 14.8. The lowest BCUT2D eigenvalue weighted by Gasteiger charge is -2.20. The minimum absolute atomic E-state index is 0.630. The van der Waals surface area contributed by atoms with Crippen LogP contribution in [0.5, 0.6) is 0 Å². The summed E-state index contributed by atoms with van der Waals surface area (Å²) in [6.45, 7) is 8.69. The fourth-order valence-corrected chi connectivity index (χ4v) is 1.89. The Balaban J connectivity index is 2.26. The number of hydrogen-bond donors (Lipinski definition) is 2. The fourth-order valence-electron chi connectivity index (χ4n) is 1.89. The number of hydrogen-bond acceptors (Lipinski definition) is 3. The zero-order valence-corrected chi connectivity index (χ0v) is 12.2. The van der Waals surface area contributed by atoms with Crippen LogP contribution in [0.2, 0.25) is 0 Å². The standard InChI is InChI=1S/C15H27N3/c1-12(2)18(4)11-6-5-10-17-15-13(3)8-7-9-14(15)16/h7-9,12,17H,5-6,10-11,16H2,1-4H3. The van der Waals surface area contributed by atoms with Gasteiger partial charge in [-0.15, -0.1) is 0 Å². The molecule has 1 aromatic carbocycles. The average molecular weight is 249 g/mol. The molecular formula is C15H27N3. The number of rotatable bonds is 7. The summed E-state index contributed by atoms with van der Waals surface area (Å²) in [6.07, 6.45) is 2.39. The van der Waals surface area contributed by atoms with Crippen LogP contribution in [-0.2, 0) is 0 Å². The summed E-state index contributed by atoms with van der Waals surface area (Å²) < 4.78 is 0. The molecule has 0 radical (unpaired) electrons. The number of nitrogens with two attached hydrogens (primary N) is 1. The van der Waals surface area contributed by atoms with Crippen LogP contribution in [0.1, 0.15) is 32.3 Å². The molecule has 3 heteroatoms. The summed E-state index contributed by atoms with van der Waals surface area (Å²) in [5.74, 6) is 0. The second-order valence-electron chi connectivity index (χ2n) is 5.25. The van der Waals surface area contributed by atoms with Gasteiger partial charge in [-0.25, -0.2) is 0 Å². The van der Waals surface area contributed by atoms with E-state index in [1.54, 1.807) is 0 Å². The molecule has 18 heavy (non-hydrogen) atoms. The van der Waals surface area contributed by atoms with Crippen LogP contribution in [0.25, 0.3) is 0 Å². The van der Waals surface area contributed by atoms with Gasteiger partial charge in [0.2, 0.25) is 0 Å². The quantitative estimate of drug-likeness (QED) is 0.576. The molecule has 0 amide bonds. The average Bonchev–Trinajstić information content (AvgIpc) is 2.31. The largest absolute Gasteiger partial charge is 0.397 e. The van der Waals surface area contributed by atoms with Crippen molar-refractivity contribution < 1.29 is 0 Å². The summed E-state index contributed by atoms with van der Waals surface area (Å²) in [5, 5.41) is 3.44. The lowest BCUT2D eigenvalue weighted by atomic mass is 10.1. The molecular weight excluding hydrogens is 222 g/mol. The number of para-hydroxylation sites is 1. The second kappa shape index (κ2) is 7.27. The highest BCUT2D eigenvalue weighted by Crippen LogP contribution is 2.22. The van der Waals surface area contributed by atoms with Crippen molar-refractivity contribution in [3.05, 3.63) is 23.8 Å². The van der Waals surface area contributed by atoms with Crippen LogP contribution in [0, 0.1) is 6.92 Å². The van der Waals surface area contributed by atoms with Crippen LogP contribution >= 0.6 is 0 Å². The predicted octanol–water partition coefficient (Wildman–Crippen LogP) is 3.11. The van der Waals surface area contributed by atoms with Crippen molar-refractivity contribution in [2.45, 2.75) is 39.7 Å². The summed E-state index contributed by atoms with van der Waals surface area (Å²) in [5.41, 5.74) is 9.10. The number of anilines is 2. The van der Waals surface area contributed by atoms with E-state index in [4.69, 9.17) is 5.73 Å². The number of aryl methyl sites for hydroxylation is 1. The second-order valence-corrected chi connectivity index (χ2v) is 5.25. The molecule has 0 saturated heterocycles.